The lowest BCUT2D eigenvalue weighted by atomic mass is 10.2. The van der Waals surface area contributed by atoms with Gasteiger partial charge in [0.15, 0.2) is 9.84 Å². The molecular formula is C11H11IO5S. The first kappa shape index (κ1) is 13.6. The monoisotopic (exact) mass is 382 g/mol. The number of hydrogen-bond donors (Lipinski definition) is 1. The standard InChI is InChI=1S/C11H11IO5S/c12-9-2-1-7(11(13)14)5-10(9)17-8-3-4-18(15,16)6-8/h1-2,5,8H,3-4,6H2,(H,13,14). The summed E-state index contributed by atoms with van der Waals surface area (Å²) in [4.78, 5) is 10.9. The first-order valence-electron chi connectivity index (χ1n) is 5.27. The molecule has 18 heavy (non-hydrogen) atoms. The van der Waals surface area contributed by atoms with Crippen LogP contribution in [-0.4, -0.2) is 37.1 Å². The third-order valence-corrected chi connectivity index (χ3v) is 5.29. The summed E-state index contributed by atoms with van der Waals surface area (Å²) >= 11 is 2.03. The van der Waals surface area contributed by atoms with Crippen LogP contribution in [0.3, 0.4) is 0 Å². The van der Waals surface area contributed by atoms with Gasteiger partial charge in [0, 0.05) is 0 Å². The van der Waals surface area contributed by atoms with Gasteiger partial charge in [0.25, 0.3) is 0 Å². The van der Waals surface area contributed by atoms with Crippen molar-refractivity contribution in [3.63, 3.8) is 0 Å². The molecule has 2 rings (SSSR count). The fourth-order valence-electron chi connectivity index (χ4n) is 1.76. The predicted molar refractivity (Wildman–Crippen MR) is 73.8 cm³/mol. The first-order chi connectivity index (χ1) is 8.37. The van der Waals surface area contributed by atoms with E-state index in [4.69, 9.17) is 9.84 Å². The fourth-order valence-corrected chi connectivity index (χ4v) is 3.81. The van der Waals surface area contributed by atoms with Crippen LogP contribution in [0.4, 0.5) is 0 Å². The molecule has 1 aliphatic rings. The molecule has 0 spiro atoms. The highest BCUT2D eigenvalue weighted by Gasteiger charge is 2.29. The summed E-state index contributed by atoms with van der Waals surface area (Å²) < 4.78 is 29.0. The van der Waals surface area contributed by atoms with Crippen molar-refractivity contribution in [2.24, 2.45) is 0 Å². The third kappa shape index (κ3) is 3.14. The van der Waals surface area contributed by atoms with Crippen LogP contribution in [0.15, 0.2) is 18.2 Å². The van der Waals surface area contributed by atoms with Gasteiger partial charge in [-0.25, -0.2) is 13.2 Å². The summed E-state index contributed by atoms with van der Waals surface area (Å²) in [6, 6.07) is 4.56. The number of carbonyl (C=O) groups is 1. The van der Waals surface area contributed by atoms with Gasteiger partial charge in [-0.05, 0) is 47.2 Å². The second kappa shape index (κ2) is 5.04. The number of hydrogen-bond acceptors (Lipinski definition) is 4. The molecule has 98 valence electrons. The molecule has 1 aromatic carbocycles. The zero-order valence-electron chi connectivity index (χ0n) is 9.30. The van der Waals surface area contributed by atoms with E-state index in [1.165, 1.54) is 12.1 Å². The van der Waals surface area contributed by atoms with Crippen LogP contribution in [0.2, 0.25) is 0 Å². The molecule has 0 bridgehead atoms. The van der Waals surface area contributed by atoms with E-state index in [9.17, 15) is 13.2 Å². The summed E-state index contributed by atoms with van der Waals surface area (Å²) in [5.41, 5.74) is 0.131. The maximum Gasteiger partial charge on any atom is 0.335 e. The van der Waals surface area contributed by atoms with E-state index in [-0.39, 0.29) is 23.2 Å². The van der Waals surface area contributed by atoms with Crippen molar-refractivity contribution in [1.82, 2.24) is 0 Å². The van der Waals surface area contributed by atoms with E-state index in [0.717, 1.165) is 3.57 Å². The van der Waals surface area contributed by atoms with Crippen molar-refractivity contribution in [3.05, 3.63) is 27.3 Å². The molecule has 0 radical (unpaired) electrons. The average Bonchev–Trinajstić information content (AvgIpc) is 2.61. The van der Waals surface area contributed by atoms with Crippen LogP contribution < -0.4 is 4.74 Å². The Labute approximate surface area is 118 Å². The molecule has 1 saturated heterocycles. The second-order valence-corrected chi connectivity index (χ2v) is 7.48. The average molecular weight is 382 g/mol. The van der Waals surface area contributed by atoms with Crippen molar-refractivity contribution < 1.29 is 23.1 Å². The van der Waals surface area contributed by atoms with E-state index in [1.807, 2.05) is 22.6 Å². The molecule has 7 heteroatoms. The highest BCUT2D eigenvalue weighted by Crippen LogP contribution is 2.26. The van der Waals surface area contributed by atoms with Crippen LogP contribution in [0, 0.1) is 3.57 Å². The number of ether oxygens (including phenoxy) is 1. The zero-order chi connectivity index (χ0) is 13.3. The molecule has 0 saturated carbocycles. The fraction of sp³-hybridized carbons (Fsp3) is 0.364. The minimum Gasteiger partial charge on any atom is -0.488 e. The van der Waals surface area contributed by atoms with Gasteiger partial charge in [-0.15, -0.1) is 0 Å². The first-order valence-corrected chi connectivity index (χ1v) is 8.17. The Morgan fingerprint density at radius 1 is 1.44 bits per heavy atom. The Kier molecular flexibility index (Phi) is 3.81. The maximum absolute atomic E-state index is 11.3. The summed E-state index contributed by atoms with van der Waals surface area (Å²) in [5, 5.41) is 8.89. The largest absolute Gasteiger partial charge is 0.488 e. The van der Waals surface area contributed by atoms with Crippen LogP contribution in [0.1, 0.15) is 16.8 Å². The molecule has 1 aromatic rings. The molecule has 1 N–H and O–H groups in total. The topological polar surface area (TPSA) is 80.7 Å². The maximum atomic E-state index is 11.3. The van der Waals surface area contributed by atoms with Gasteiger partial charge in [0.2, 0.25) is 0 Å². The van der Waals surface area contributed by atoms with E-state index in [2.05, 4.69) is 0 Å². The Morgan fingerprint density at radius 3 is 2.72 bits per heavy atom. The Bertz CT molecular complexity index is 581. The number of carboxylic acid groups (broad SMARTS) is 1. The van der Waals surface area contributed by atoms with Gasteiger partial charge >= 0.3 is 5.97 Å². The minimum atomic E-state index is -3.00. The van der Waals surface area contributed by atoms with Gasteiger partial charge in [0.1, 0.15) is 11.9 Å². The van der Waals surface area contributed by atoms with Crippen LogP contribution in [-0.2, 0) is 9.84 Å². The lowest BCUT2D eigenvalue weighted by Gasteiger charge is -2.13. The SMILES string of the molecule is O=C(O)c1ccc(I)c(OC2CCS(=O)(=O)C2)c1. The molecule has 1 fully saturated rings. The van der Waals surface area contributed by atoms with E-state index in [0.29, 0.717) is 12.2 Å². The molecular weight excluding hydrogens is 371 g/mol. The van der Waals surface area contributed by atoms with Gasteiger partial charge in [-0.2, -0.15) is 0 Å². The number of benzene rings is 1. The Hall–Kier alpha value is -0.830. The molecule has 0 amide bonds. The van der Waals surface area contributed by atoms with Gasteiger partial charge in [-0.3, -0.25) is 0 Å². The highest BCUT2D eigenvalue weighted by molar-refractivity contribution is 14.1. The van der Waals surface area contributed by atoms with Gasteiger partial charge < -0.3 is 9.84 Å². The molecule has 5 nitrogen and oxygen atoms in total. The highest BCUT2D eigenvalue weighted by atomic mass is 127. The molecule has 1 heterocycles. The van der Waals surface area contributed by atoms with E-state index >= 15 is 0 Å². The number of aromatic carboxylic acids is 1. The minimum absolute atomic E-state index is 0.000376. The van der Waals surface area contributed by atoms with Crippen LogP contribution in [0.25, 0.3) is 0 Å². The van der Waals surface area contributed by atoms with E-state index < -0.39 is 15.8 Å². The molecule has 1 unspecified atom stereocenters. The number of halogens is 1. The van der Waals surface area contributed by atoms with Crippen molar-refractivity contribution in [3.8, 4) is 5.75 Å². The quantitative estimate of drug-likeness (QED) is 0.803. The second-order valence-electron chi connectivity index (χ2n) is 4.09. The molecule has 1 aliphatic heterocycles. The number of rotatable bonds is 3. The van der Waals surface area contributed by atoms with E-state index in [1.54, 1.807) is 6.07 Å². The lowest BCUT2D eigenvalue weighted by Crippen LogP contribution is -2.18. The number of carboxylic acids is 1. The van der Waals surface area contributed by atoms with Crippen molar-refractivity contribution in [2.75, 3.05) is 11.5 Å². The van der Waals surface area contributed by atoms with Crippen LogP contribution >= 0.6 is 22.6 Å². The summed E-state index contributed by atoms with van der Waals surface area (Å²) in [7, 11) is -3.00. The van der Waals surface area contributed by atoms with Gasteiger partial charge in [-0.1, -0.05) is 0 Å². The molecule has 0 aliphatic carbocycles. The Morgan fingerprint density at radius 2 is 2.17 bits per heavy atom. The molecule has 0 aromatic heterocycles. The lowest BCUT2D eigenvalue weighted by molar-refractivity contribution is 0.0696. The summed E-state index contributed by atoms with van der Waals surface area (Å²) in [5.74, 6) is -0.472. The smallest absolute Gasteiger partial charge is 0.335 e. The normalized spacial score (nSPS) is 21.7. The van der Waals surface area contributed by atoms with Crippen molar-refractivity contribution in [1.29, 1.82) is 0 Å². The molecule has 1 atom stereocenters. The Balaban J connectivity index is 2.19. The third-order valence-electron chi connectivity index (χ3n) is 2.66. The zero-order valence-corrected chi connectivity index (χ0v) is 12.3. The van der Waals surface area contributed by atoms with Crippen LogP contribution in [0.5, 0.6) is 5.75 Å². The van der Waals surface area contributed by atoms with Crippen molar-refractivity contribution in [2.45, 2.75) is 12.5 Å². The number of sulfone groups is 1. The van der Waals surface area contributed by atoms with Gasteiger partial charge in [0.05, 0.1) is 20.6 Å². The summed E-state index contributed by atoms with van der Waals surface area (Å²) in [6.45, 7) is 0. The predicted octanol–water partition coefficient (Wildman–Crippen LogP) is 1.56. The summed E-state index contributed by atoms with van der Waals surface area (Å²) in [6.07, 6.45) is 0.0722. The van der Waals surface area contributed by atoms with Crippen molar-refractivity contribution >= 4 is 38.4 Å².